The Bertz CT molecular complexity index is 146. The van der Waals surface area contributed by atoms with Crippen LogP contribution in [0.4, 0.5) is 4.79 Å². The van der Waals surface area contributed by atoms with Gasteiger partial charge in [0.1, 0.15) is 6.10 Å². The molecule has 0 bridgehead atoms. The molecule has 0 aromatic heterocycles. The summed E-state index contributed by atoms with van der Waals surface area (Å²) in [4.78, 5) is 10.7. The second-order valence-corrected chi connectivity index (χ2v) is 3.71. The topological polar surface area (TPSA) is 38.3 Å². The zero-order chi connectivity index (χ0) is 6.97. The molecule has 2 unspecified atom stereocenters. The number of carbonyl (C=O) groups excluding carboxylic acids is 1. The molecule has 2 heterocycles. The van der Waals surface area contributed by atoms with E-state index in [9.17, 15) is 4.79 Å². The van der Waals surface area contributed by atoms with E-state index in [1.165, 1.54) is 0 Å². The van der Waals surface area contributed by atoms with Crippen molar-refractivity contribution in [1.82, 2.24) is 5.32 Å². The Morgan fingerprint density at radius 2 is 2.60 bits per heavy atom. The maximum absolute atomic E-state index is 10.7. The lowest BCUT2D eigenvalue weighted by molar-refractivity contribution is 0.131. The molecule has 2 aliphatic heterocycles. The van der Waals surface area contributed by atoms with Crippen LogP contribution in [0, 0.1) is 0 Å². The molecule has 2 rings (SSSR count). The quantitative estimate of drug-likeness (QED) is 0.562. The zero-order valence-electron chi connectivity index (χ0n) is 5.50. The average Bonchev–Trinajstić information content (AvgIpc) is 2.27. The van der Waals surface area contributed by atoms with Crippen LogP contribution in [-0.4, -0.2) is 29.7 Å². The van der Waals surface area contributed by atoms with Gasteiger partial charge in [0.2, 0.25) is 0 Å². The van der Waals surface area contributed by atoms with Crippen LogP contribution in [0.2, 0.25) is 0 Å². The fourth-order valence-electron chi connectivity index (χ4n) is 1.32. The van der Waals surface area contributed by atoms with Crippen molar-refractivity contribution in [3.05, 3.63) is 0 Å². The Labute approximate surface area is 63.5 Å². The number of ether oxygens (including phenoxy) is 1. The van der Waals surface area contributed by atoms with Crippen LogP contribution in [0.3, 0.4) is 0 Å². The summed E-state index contributed by atoms with van der Waals surface area (Å²) in [5.41, 5.74) is 0. The van der Waals surface area contributed by atoms with Crippen molar-refractivity contribution in [2.45, 2.75) is 18.6 Å². The number of thioether (sulfide) groups is 1. The maximum Gasteiger partial charge on any atom is 0.407 e. The molecule has 0 aliphatic carbocycles. The molecule has 0 radical (unpaired) electrons. The van der Waals surface area contributed by atoms with Gasteiger partial charge in [0, 0.05) is 5.75 Å². The number of hydrogen-bond acceptors (Lipinski definition) is 3. The first-order valence-electron chi connectivity index (χ1n) is 3.41. The van der Waals surface area contributed by atoms with Crippen LogP contribution < -0.4 is 5.32 Å². The van der Waals surface area contributed by atoms with Crippen LogP contribution in [0.15, 0.2) is 0 Å². The number of fused-ring (bicyclic) bond motifs is 1. The Hall–Kier alpha value is -0.380. The molecule has 2 atom stereocenters. The van der Waals surface area contributed by atoms with Crippen molar-refractivity contribution in [3.8, 4) is 0 Å². The molecule has 0 aromatic carbocycles. The number of nitrogens with one attached hydrogen (secondary N) is 1. The predicted molar refractivity (Wildman–Crippen MR) is 39.1 cm³/mol. The number of alkyl carbamates (subject to hydrolysis) is 1. The Balaban J connectivity index is 2.04. The van der Waals surface area contributed by atoms with Crippen molar-refractivity contribution in [3.63, 3.8) is 0 Å². The SMILES string of the molecule is O=C1NC2CSCCC2O1. The molecule has 56 valence electrons. The van der Waals surface area contributed by atoms with E-state index in [2.05, 4.69) is 5.32 Å². The van der Waals surface area contributed by atoms with Gasteiger partial charge in [-0.05, 0) is 12.2 Å². The molecule has 10 heavy (non-hydrogen) atoms. The van der Waals surface area contributed by atoms with Crippen LogP contribution in [0.5, 0.6) is 0 Å². The van der Waals surface area contributed by atoms with Gasteiger partial charge in [-0.2, -0.15) is 11.8 Å². The fourth-order valence-corrected chi connectivity index (χ4v) is 2.43. The van der Waals surface area contributed by atoms with Crippen molar-refractivity contribution >= 4 is 17.9 Å². The van der Waals surface area contributed by atoms with Crippen LogP contribution in [-0.2, 0) is 4.74 Å². The van der Waals surface area contributed by atoms with Gasteiger partial charge < -0.3 is 10.1 Å². The van der Waals surface area contributed by atoms with E-state index in [1.807, 2.05) is 11.8 Å². The molecule has 2 fully saturated rings. The third-order valence-electron chi connectivity index (χ3n) is 1.85. The monoisotopic (exact) mass is 159 g/mol. The second kappa shape index (κ2) is 2.34. The smallest absolute Gasteiger partial charge is 0.407 e. The minimum Gasteiger partial charge on any atom is -0.444 e. The summed E-state index contributed by atoms with van der Waals surface area (Å²) in [5, 5.41) is 2.77. The van der Waals surface area contributed by atoms with E-state index in [1.54, 1.807) is 0 Å². The minimum atomic E-state index is -0.238. The van der Waals surface area contributed by atoms with Gasteiger partial charge in [-0.1, -0.05) is 0 Å². The zero-order valence-corrected chi connectivity index (χ0v) is 6.32. The lowest BCUT2D eigenvalue weighted by Crippen LogP contribution is -2.36. The lowest BCUT2D eigenvalue weighted by Gasteiger charge is -2.20. The molecule has 0 aromatic rings. The van der Waals surface area contributed by atoms with Crippen molar-refractivity contribution < 1.29 is 9.53 Å². The molecule has 4 heteroatoms. The predicted octanol–water partition coefficient (Wildman–Crippen LogP) is 0.600. The van der Waals surface area contributed by atoms with Gasteiger partial charge in [0.05, 0.1) is 6.04 Å². The summed E-state index contributed by atoms with van der Waals surface area (Å²) in [5.74, 6) is 2.13. The first-order valence-corrected chi connectivity index (χ1v) is 4.56. The van der Waals surface area contributed by atoms with Gasteiger partial charge in [0.25, 0.3) is 0 Å². The summed E-state index contributed by atoms with van der Waals surface area (Å²) in [7, 11) is 0. The normalized spacial score (nSPS) is 38.2. The highest BCUT2D eigenvalue weighted by molar-refractivity contribution is 7.99. The molecule has 0 saturated carbocycles. The second-order valence-electron chi connectivity index (χ2n) is 2.56. The van der Waals surface area contributed by atoms with E-state index in [0.717, 1.165) is 17.9 Å². The van der Waals surface area contributed by atoms with Gasteiger partial charge in [-0.15, -0.1) is 0 Å². The largest absolute Gasteiger partial charge is 0.444 e. The van der Waals surface area contributed by atoms with E-state index < -0.39 is 0 Å². The standard InChI is InChI=1S/C6H9NO2S/c8-6-7-4-3-10-2-1-5(4)9-6/h4-5H,1-3H2,(H,7,8). The lowest BCUT2D eigenvalue weighted by atomic mass is 10.1. The van der Waals surface area contributed by atoms with Gasteiger partial charge in [0.15, 0.2) is 0 Å². The van der Waals surface area contributed by atoms with Crippen LogP contribution >= 0.6 is 11.8 Å². The number of rotatable bonds is 0. The fraction of sp³-hybridized carbons (Fsp3) is 0.833. The van der Waals surface area contributed by atoms with Crippen molar-refractivity contribution in [1.29, 1.82) is 0 Å². The number of carbonyl (C=O) groups is 1. The van der Waals surface area contributed by atoms with Gasteiger partial charge >= 0.3 is 6.09 Å². The van der Waals surface area contributed by atoms with Gasteiger partial charge in [-0.3, -0.25) is 0 Å². The molecule has 2 saturated heterocycles. The summed E-state index contributed by atoms with van der Waals surface area (Å²) >= 11 is 1.88. The van der Waals surface area contributed by atoms with E-state index >= 15 is 0 Å². The average molecular weight is 159 g/mol. The Morgan fingerprint density at radius 3 is 3.40 bits per heavy atom. The highest BCUT2D eigenvalue weighted by atomic mass is 32.2. The van der Waals surface area contributed by atoms with E-state index in [4.69, 9.17) is 4.74 Å². The molecule has 1 N–H and O–H groups in total. The molecular formula is C6H9NO2S. The highest BCUT2D eigenvalue weighted by Gasteiger charge is 2.35. The maximum atomic E-state index is 10.7. The van der Waals surface area contributed by atoms with Crippen molar-refractivity contribution in [2.24, 2.45) is 0 Å². The molecule has 0 spiro atoms. The summed E-state index contributed by atoms with van der Waals surface area (Å²) in [6.45, 7) is 0. The summed E-state index contributed by atoms with van der Waals surface area (Å²) in [6.07, 6.45) is 0.930. The first-order chi connectivity index (χ1) is 4.86. The highest BCUT2D eigenvalue weighted by Crippen LogP contribution is 2.23. The third kappa shape index (κ3) is 0.963. The number of hydrogen-bond donors (Lipinski definition) is 1. The molecule has 2 aliphatic rings. The van der Waals surface area contributed by atoms with E-state index in [-0.39, 0.29) is 18.2 Å². The Kier molecular flexibility index (Phi) is 1.48. The minimum absolute atomic E-state index is 0.161. The molecule has 1 amide bonds. The molecular weight excluding hydrogens is 150 g/mol. The van der Waals surface area contributed by atoms with Crippen LogP contribution in [0.25, 0.3) is 0 Å². The first kappa shape index (κ1) is 6.34. The number of amides is 1. The third-order valence-corrected chi connectivity index (χ3v) is 2.97. The Morgan fingerprint density at radius 1 is 1.70 bits per heavy atom. The molecule has 3 nitrogen and oxygen atoms in total. The summed E-state index contributed by atoms with van der Waals surface area (Å²) in [6, 6.07) is 0.284. The van der Waals surface area contributed by atoms with Crippen molar-refractivity contribution in [2.75, 3.05) is 11.5 Å². The van der Waals surface area contributed by atoms with E-state index in [0.29, 0.717) is 0 Å². The van der Waals surface area contributed by atoms with Gasteiger partial charge in [-0.25, -0.2) is 4.79 Å². The van der Waals surface area contributed by atoms with Crippen LogP contribution in [0.1, 0.15) is 6.42 Å². The summed E-state index contributed by atoms with van der Waals surface area (Å²) < 4.78 is 5.00.